The molecule has 112 valence electrons. The molecule has 1 aliphatic heterocycles. The van der Waals surface area contributed by atoms with Crippen LogP contribution in [0.1, 0.15) is 42.8 Å². The van der Waals surface area contributed by atoms with Crippen LogP contribution in [0, 0.1) is 0 Å². The number of rotatable bonds is 4. The zero-order chi connectivity index (χ0) is 14.7. The molecule has 0 aliphatic carbocycles. The maximum atomic E-state index is 10.4. The number of halogens is 1. The van der Waals surface area contributed by atoms with E-state index in [9.17, 15) is 5.11 Å². The lowest BCUT2D eigenvalue weighted by atomic mass is 10.00. The third kappa shape index (κ3) is 3.43. The van der Waals surface area contributed by atoms with Crippen molar-refractivity contribution in [1.82, 2.24) is 20.1 Å². The SMILES string of the molecule is OC(CN1CCCCC1c1ncn[nH]1)c1ccc(Cl)cc1. The van der Waals surface area contributed by atoms with E-state index in [2.05, 4.69) is 20.1 Å². The zero-order valence-corrected chi connectivity index (χ0v) is 12.5. The predicted octanol–water partition coefficient (Wildman–Crippen LogP) is 2.72. The number of hydrogen-bond donors (Lipinski definition) is 2. The molecule has 2 heterocycles. The number of β-amino-alcohol motifs (C(OH)–C–C–N with tert-alkyl or cyclic N) is 1. The number of nitrogens with zero attached hydrogens (tertiary/aromatic N) is 3. The minimum atomic E-state index is -0.522. The summed E-state index contributed by atoms with van der Waals surface area (Å²) in [6.45, 7) is 1.56. The molecule has 21 heavy (non-hydrogen) atoms. The average Bonchev–Trinajstić information content (AvgIpc) is 3.02. The molecule has 2 atom stereocenters. The number of nitrogens with one attached hydrogen (secondary N) is 1. The fourth-order valence-corrected chi connectivity index (χ4v) is 3.03. The van der Waals surface area contributed by atoms with Crippen molar-refractivity contribution >= 4 is 11.6 Å². The van der Waals surface area contributed by atoms with E-state index in [1.807, 2.05) is 24.3 Å². The van der Waals surface area contributed by atoms with Crippen LogP contribution in [-0.2, 0) is 0 Å². The largest absolute Gasteiger partial charge is 0.387 e. The van der Waals surface area contributed by atoms with Gasteiger partial charge >= 0.3 is 0 Å². The predicted molar refractivity (Wildman–Crippen MR) is 81.0 cm³/mol. The van der Waals surface area contributed by atoms with Gasteiger partial charge in [-0.3, -0.25) is 10.00 Å². The summed E-state index contributed by atoms with van der Waals surface area (Å²) in [6.07, 6.45) is 4.39. The number of benzene rings is 1. The molecule has 1 aromatic heterocycles. The number of piperidine rings is 1. The Hall–Kier alpha value is -1.43. The van der Waals surface area contributed by atoms with Crippen LogP contribution in [-0.4, -0.2) is 38.3 Å². The second kappa shape index (κ2) is 6.56. The standard InChI is InChI=1S/C15H19ClN4O/c16-12-6-4-11(5-7-12)14(21)9-20-8-2-1-3-13(20)15-17-10-18-19-15/h4-7,10,13-14,21H,1-3,8-9H2,(H,17,18,19). The van der Waals surface area contributed by atoms with Gasteiger partial charge in [0, 0.05) is 11.6 Å². The van der Waals surface area contributed by atoms with Gasteiger partial charge in [-0.15, -0.1) is 0 Å². The minimum Gasteiger partial charge on any atom is -0.387 e. The number of hydrogen-bond acceptors (Lipinski definition) is 4. The van der Waals surface area contributed by atoms with Crippen molar-refractivity contribution in [2.75, 3.05) is 13.1 Å². The van der Waals surface area contributed by atoms with E-state index in [1.54, 1.807) is 0 Å². The van der Waals surface area contributed by atoms with Crippen LogP contribution < -0.4 is 0 Å². The topological polar surface area (TPSA) is 65.0 Å². The van der Waals surface area contributed by atoms with Crippen molar-refractivity contribution in [3.8, 4) is 0 Å². The van der Waals surface area contributed by atoms with Gasteiger partial charge in [0.15, 0.2) is 0 Å². The van der Waals surface area contributed by atoms with Crippen molar-refractivity contribution in [1.29, 1.82) is 0 Å². The van der Waals surface area contributed by atoms with Gasteiger partial charge < -0.3 is 5.11 Å². The summed E-state index contributed by atoms with van der Waals surface area (Å²) in [7, 11) is 0. The number of aromatic nitrogens is 3. The smallest absolute Gasteiger partial charge is 0.141 e. The zero-order valence-electron chi connectivity index (χ0n) is 11.7. The normalized spacial score (nSPS) is 21.3. The van der Waals surface area contributed by atoms with E-state index in [-0.39, 0.29) is 6.04 Å². The second-order valence-electron chi connectivity index (χ2n) is 5.44. The van der Waals surface area contributed by atoms with Gasteiger partial charge in [0.25, 0.3) is 0 Å². The van der Waals surface area contributed by atoms with Gasteiger partial charge in [-0.2, -0.15) is 5.10 Å². The monoisotopic (exact) mass is 306 g/mol. The van der Waals surface area contributed by atoms with Gasteiger partial charge in [0.05, 0.1) is 12.1 Å². The Kier molecular flexibility index (Phi) is 4.53. The lowest BCUT2D eigenvalue weighted by Crippen LogP contribution is -2.37. The lowest BCUT2D eigenvalue weighted by molar-refractivity contribution is 0.0638. The molecular formula is C15H19ClN4O. The van der Waals surface area contributed by atoms with E-state index < -0.39 is 6.10 Å². The molecule has 0 spiro atoms. The molecule has 0 amide bonds. The maximum absolute atomic E-state index is 10.4. The highest BCUT2D eigenvalue weighted by Crippen LogP contribution is 2.30. The summed E-state index contributed by atoms with van der Waals surface area (Å²) in [5.41, 5.74) is 0.890. The fraction of sp³-hybridized carbons (Fsp3) is 0.467. The molecule has 1 aromatic carbocycles. The van der Waals surface area contributed by atoms with E-state index >= 15 is 0 Å². The van der Waals surface area contributed by atoms with E-state index in [1.165, 1.54) is 12.7 Å². The van der Waals surface area contributed by atoms with E-state index in [0.29, 0.717) is 11.6 Å². The molecule has 2 unspecified atom stereocenters. The van der Waals surface area contributed by atoms with Gasteiger partial charge in [-0.25, -0.2) is 4.98 Å². The van der Waals surface area contributed by atoms with Gasteiger partial charge in [0.1, 0.15) is 12.2 Å². The third-order valence-corrected chi connectivity index (χ3v) is 4.28. The molecule has 1 aliphatic rings. The number of likely N-dealkylation sites (tertiary alicyclic amines) is 1. The molecule has 0 radical (unpaired) electrons. The molecule has 1 saturated heterocycles. The molecule has 2 N–H and O–H groups in total. The molecule has 5 nitrogen and oxygen atoms in total. The van der Waals surface area contributed by atoms with Crippen LogP contribution in [0.2, 0.25) is 5.02 Å². The molecule has 2 aromatic rings. The van der Waals surface area contributed by atoms with Crippen LogP contribution >= 0.6 is 11.6 Å². The summed E-state index contributed by atoms with van der Waals surface area (Å²) in [5.74, 6) is 0.887. The summed E-state index contributed by atoms with van der Waals surface area (Å²) in [6, 6.07) is 7.58. The molecule has 3 rings (SSSR count). The quantitative estimate of drug-likeness (QED) is 0.911. The molecule has 6 heteroatoms. The van der Waals surface area contributed by atoms with Crippen LogP contribution in [0.5, 0.6) is 0 Å². The minimum absolute atomic E-state index is 0.211. The highest BCUT2D eigenvalue weighted by atomic mass is 35.5. The first-order chi connectivity index (χ1) is 10.2. The van der Waals surface area contributed by atoms with Gasteiger partial charge in [-0.1, -0.05) is 30.2 Å². The first kappa shape index (κ1) is 14.5. The molecule has 0 saturated carbocycles. The van der Waals surface area contributed by atoms with Gasteiger partial charge in [-0.05, 0) is 37.1 Å². The molecule has 1 fully saturated rings. The van der Waals surface area contributed by atoms with Crippen LogP contribution in [0.4, 0.5) is 0 Å². The Balaban J connectivity index is 1.71. The first-order valence-corrected chi connectivity index (χ1v) is 7.64. The number of aliphatic hydroxyl groups excluding tert-OH is 1. The lowest BCUT2D eigenvalue weighted by Gasteiger charge is -2.35. The fourth-order valence-electron chi connectivity index (χ4n) is 2.91. The Morgan fingerprint density at radius 2 is 2.14 bits per heavy atom. The highest BCUT2D eigenvalue weighted by Gasteiger charge is 2.27. The Bertz CT molecular complexity index is 558. The van der Waals surface area contributed by atoms with Crippen LogP contribution in [0.15, 0.2) is 30.6 Å². The summed E-state index contributed by atoms with van der Waals surface area (Å²) >= 11 is 5.89. The van der Waals surface area contributed by atoms with Gasteiger partial charge in [0.2, 0.25) is 0 Å². The third-order valence-electron chi connectivity index (χ3n) is 4.03. The molecular weight excluding hydrogens is 288 g/mol. The second-order valence-corrected chi connectivity index (χ2v) is 5.88. The average molecular weight is 307 g/mol. The van der Waals surface area contributed by atoms with Crippen molar-refractivity contribution in [2.45, 2.75) is 31.4 Å². The number of H-pyrrole nitrogens is 1. The summed E-state index contributed by atoms with van der Waals surface area (Å²) in [5, 5.41) is 18.0. The number of aromatic amines is 1. The van der Waals surface area contributed by atoms with Crippen molar-refractivity contribution in [3.63, 3.8) is 0 Å². The Morgan fingerprint density at radius 3 is 2.86 bits per heavy atom. The van der Waals surface area contributed by atoms with E-state index in [4.69, 9.17) is 11.6 Å². The Labute approximate surface area is 129 Å². The Morgan fingerprint density at radius 1 is 1.33 bits per heavy atom. The first-order valence-electron chi connectivity index (χ1n) is 7.27. The van der Waals surface area contributed by atoms with Crippen LogP contribution in [0.25, 0.3) is 0 Å². The van der Waals surface area contributed by atoms with Crippen LogP contribution in [0.3, 0.4) is 0 Å². The maximum Gasteiger partial charge on any atom is 0.141 e. The van der Waals surface area contributed by atoms with Crippen molar-refractivity contribution in [3.05, 3.63) is 47.0 Å². The summed E-state index contributed by atoms with van der Waals surface area (Å²) < 4.78 is 0. The summed E-state index contributed by atoms with van der Waals surface area (Å²) in [4.78, 5) is 6.56. The van der Waals surface area contributed by atoms with E-state index in [0.717, 1.165) is 30.8 Å². The highest BCUT2D eigenvalue weighted by molar-refractivity contribution is 6.30. The van der Waals surface area contributed by atoms with Crippen molar-refractivity contribution < 1.29 is 5.11 Å². The number of aliphatic hydroxyl groups is 1. The van der Waals surface area contributed by atoms with Crippen molar-refractivity contribution in [2.24, 2.45) is 0 Å². The molecule has 0 bridgehead atoms.